The lowest BCUT2D eigenvalue weighted by Crippen LogP contribution is -2.43. The molecule has 1 aromatic carbocycles. The lowest BCUT2D eigenvalue weighted by Gasteiger charge is -2.27. The topological polar surface area (TPSA) is 66.8 Å². The average molecular weight is 378 g/mol. The lowest BCUT2D eigenvalue weighted by atomic mass is 9.73. The minimum atomic E-state index is -1.08. The summed E-state index contributed by atoms with van der Waals surface area (Å²) in [5.74, 6) is -1.84. The fourth-order valence-electron chi connectivity index (χ4n) is 4.02. The highest BCUT2D eigenvalue weighted by Gasteiger charge is 2.72. The Morgan fingerprint density at radius 3 is 2.61 bits per heavy atom. The molecule has 0 aromatic heterocycles. The lowest BCUT2D eigenvalue weighted by molar-refractivity contribution is -0.131. The Morgan fingerprint density at radius 2 is 1.96 bits per heavy atom. The van der Waals surface area contributed by atoms with Gasteiger partial charge in [0.25, 0.3) is 0 Å². The number of carbonyl (C=O) groups is 2. The van der Waals surface area contributed by atoms with Crippen molar-refractivity contribution in [3.05, 3.63) is 40.4 Å². The van der Waals surface area contributed by atoms with Gasteiger partial charge in [-0.2, -0.15) is 0 Å². The van der Waals surface area contributed by atoms with Gasteiger partial charge in [-0.15, -0.1) is 0 Å². The van der Waals surface area contributed by atoms with Crippen LogP contribution in [0, 0.1) is 18.8 Å². The first-order chi connectivity index (χ1) is 10.8. The zero-order valence-corrected chi connectivity index (χ0v) is 14.3. The Kier molecular flexibility index (Phi) is 2.96. The number of ether oxygens (including phenoxy) is 1. The van der Waals surface area contributed by atoms with Gasteiger partial charge in [-0.25, -0.2) is 4.90 Å². The van der Waals surface area contributed by atoms with Gasteiger partial charge in [-0.3, -0.25) is 9.59 Å². The van der Waals surface area contributed by atoms with Crippen LogP contribution in [0.25, 0.3) is 0 Å². The molecule has 4 rings (SSSR count). The minimum absolute atomic E-state index is 0.266. The number of aliphatic hydroxyl groups is 1. The Morgan fingerprint density at radius 1 is 1.26 bits per heavy atom. The maximum absolute atomic E-state index is 13.0. The van der Waals surface area contributed by atoms with Crippen LogP contribution in [0.5, 0.6) is 0 Å². The SMILES string of the molecule is Cc1ccc(N2C(=O)C3C(C2=O)C2(CO)C=CC3(C)O2)cc1Br. The molecule has 4 unspecified atom stereocenters. The molecule has 2 fully saturated rings. The first-order valence-corrected chi connectivity index (χ1v) is 8.28. The van der Waals surface area contributed by atoms with Crippen LogP contribution in [0.3, 0.4) is 0 Å². The first-order valence-electron chi connectivity index (χ1n) is 7.48. The number of aliphatic hydroxyl groups excluding tert-OH is 1. The van der Waals surface area contributed by atoms with Gasteiger partial charge in [-0.05, 0) is 31.5 Å². The van der Waals surface area contributed by atoms with Crippen molar-refractivity contribution < 1.29 is 19.4 Å². The van der Waals surface area contributed by atoms with Crippen molar-refractivity contribution in [2.45, 2.75) is 25.0 Å². The van der Waals surface area contributed by atoms with Crippen molar-refractivity contribution in [2.75, 3.05) is 11.5 Å². The molecule has 2 amide bonds. The number of fused-ring (bicyclic) bond motifs is 5. The van der Waals surface area contributed by atoms with Gasteiger partial charge in [-0.1, -0.05) is 34.1 Å². The molecule has 5 nitrogen and oxygen atoms in total. The fourth-order valence-corrected chi connectivity index (χ4v) is 4.38. The van der Waals surface area contributed by atoms with E-state index in [2.05, 4.69) is 15.9 Å². The predicted octanol–water partition coefficient (Wildman–Crippen LogP) is 1.95. The van der Waals surface area contributed by atoms with Crippen LogP contribution >= 0.6 is 15.9 Å². The van der Waals surface area contributed by atoms with Gasteiger partial charge < -0.3 is 9.84 Å². The summed E-state index contributed by atoms with van der Waals surface area (Å²) in [7, 11) is 0. The third-order valence-electron chi connectivity index (χ3n) is 5.22. The Labute approximate surface area is 142 Å². The predicted molar refractivity (Wildman–Crippen MR) is 86.8 cm³/mol. The third-order valence-corrected chi connectivity index (χ3v) is 6.07. The highest BCUT2D eigenvalue weighted by molar-refractivity contribution is 9.10. The number of imide groups is 1. The summed E-state index contributed by atoms with van der Waals surface area (Å²) in [6, 6.07) is 5.40. The summed E-state index contributed by atoms with van der Waals surface area (Å²) in [4.78, 5) is 27.1. The molecule has 0 saturated carbocycles. The molecule has 3 heterocycles. The smallest absolute Gasteiger partial charge is 0.241 e. The molecule has 0 spiro atoms. The van der Waals surface area contributed by atoms with E-state index >= 15 is 0 Å². The zero-order valence-electron chi connectivity index (χ0n) is 12.7. The van der Waals surface area contributed by atoms with E-state index < -0.39 is 23.0 Å². The molecule has 3 aliphatic heterocycles. The number of aryl methyl sites for hydroxylation is 1. The molecule has 1 N–H and O–H groups in total. The summed E-state index contributed by atoms with van der Waals surface area (Å²) in [5, 5.41) is 9.78. The van der Waals surface area contributed by atoms with Gasteiger partial charge in [0.1, 0.15) is 5.60 Å². The summed E-state index contributed by atoms with van der Waals surface area (Å²) >= 11 is 3.44. The van der Waals surface area contributed by atoms with Crippen molar-refractivity contribution in [3.8, 4) is 0 Å². The summed E-state index contributed by atoms with van der Waals surface area (Å²) in [5.41, 5.74) is -0.348. The Bertz CT molecular complexity index is 776. The van der Waals surface area contributed by atoms with Gasteiger partial charge in [0.05, 0.1) is 29.7 Å². The van der Waals surface area contributed by atoms with Crippen LogP contribution in [0.4, 0.5) is 5.69 Å². The number of anilines is 1. The van der Waals surface area contributed by atoms with E-state index in [1.807, 2.05) is 13.0 Å². The molecule has 6 heteroatoms. The molecule has 120 valence electrons. The van der Waals surface area contributed by atoms with Gasteiger partial charge >= 0.3 is 0 Å². The Balaban J connectivity index is 1.81. The number of halogens is 1. The minimum Gasteiger partial charge on any atom is -0.393 e. The molecule has 23 heavy (non-hydrogen) atoms. The van der Waals surface area contributed by atoms with Crippen LogP contribution in [0.15, 0.2) is 34.8 Å². The summed E-state index contributed by atoms with van der Waals surface area (Å²) in [6.07, 6.45) is 3.53. The molecule has 4 atom stereocenters. The molecule has 3 aliphatic rings. The van der Waals surface area contributed by atoms with Gasteiger partial charge in [0.15, 0.2) is 0 Å². The monoisotopic (exact) mass is 377 g/mol. The number of hydrogen-bond acceptors (Lipinski definition) is 4. The number of hydrogen-bond donors (Lipinski definition) is 1. The molecular weight excluding hydrogens is 362 g/mol. The highest BCUT2D eigenvalue weighted by atomic mass is 79.9. The zero-order chi connectivity index (χ0) is 16.6. The van der Waals surface area contributed by atoms with E-state index in [1.165, 1.54) is 4.90 Å². The molecule has 2 saturated heterocycles. The van der Waals surface area contributed by atoms with Crippen molar-refractivity contribution in [3.63, 3.8) is 0 Å². The van der Waals surface area contributed by atoms with Gasteiger partial charge in [0, 0.05) is 4.47 Å². The largest absolute Gasteiger partial charge is 0.393 e. The number of nitrogens with zero attached hydrogens (tertiary/aromatic N) is 1. The van der Waals surface area contributed by atoms with E-state index in [-0.39, 0.29) is 18.4 Å². The van der Waals surface area contributed by atoms with Crippen molar-refractivity contribution in [1.29, 1.82) is 0 Å². The maximum atomic E-state index is 13.0. The van der Waals surface area contributed by atoms with E-state index in [0.717, 1.165) is 10.0 Å². The summed E-state index contributed by atoms with van der Waals surface area (Å²) in [6.45, 7) is 3.42. The van der Waals surface area contributed by atoms with Gasteiger partial charge in [0.2, 0.25) is 11.8 Å². The quantitative estimate of drug-likeness (QED) is 0.631. The van der Waals surface area contributed by atoms with Crippen LogP contribution in [-0.4, -0.2) is 34.7 Å². The van der Waals surface area contributed by atoms with E-state index in [0.29, 0.717) is 5.69 Å². The normalized spacial score (nSPS) is 37.8. The average Bonchev–Trinajstić information content (AvgIpc) is 3.09. The molecule has 0 radical (unpaired) electrons. The molecule has 2 bridgehead atoms. The molecule has 1 aromatic rings. The third kappa shape index (κ3) is 1.74. The fraction of sp³-hybridized carbons (Fsp3) is 0.412. The molecular formula is C17H16BrNO4. The standard InChI is InChI=1S/C17H16BrNO4/c1-9-3-4-10(7-11(9)18)19-14(21)12-13(15(19)22)17(8-20)6-5-16(12,2)23-17/h3-7,12-13,20H,8H2,1-2H3. The number of carbonyl (C=O) groups excluding carboxylic acids is 2. The van der Waals surface area contributed by atoms with Crippen LogP contribution < -0.4 is 4.90 Å². The number of amides is 2. The number of rotatable bonds is 2. The first kappa shape index (κ1) is 15.1. The Hall–Kier alpha value is -1.50. The second-order valence-electron chi connectivity index (χ2n) is 6.63. The van der Waals surface area contributed by atoms with Crippen molar-refractivity contribution in [2.24, 2.45) is 11.8 Å². The second kappa shape index (κ2) is 4.53. The van der Waals surface area contributed by atoms with E-state index in [4.69, 9.17) is 4.74 Å². The molecule has 0 aliphatic carbocycles. The maximum Gasteiger partial charge on any atom is 0.241 e. The number of benzene rings is 1. The van der Waals surface area contributed by atoms with E-state index in [1.54, 1.807) is 31.2 Å². The summed E-state index contributed by atoms with van der Waals surface area (Å²) < 4.78 is 6.73. The highest BCUT2D eigenvalue weighted by Crippen LogP contribution is 2.57. The van der Waals surface area contributed by atoms with E-state index in [9.17, 15) is 14.7 Å². The van der Waals surface area contributed by atoms with Crippen LogP contribution in [0.1, 0.15) is 12.5 Å². The second-order valence-corrected chi connectivity index (χ2v) is 7.49. The van der Waals surface area contributed by atoms with Crippen molar-refractivity contribution in [1.82, 2.24) is 0 Å². The van der Waals surface area contributed by atoms with Crippen LogP contribution in [-0.2, 0) is 14.3 Å². The van der Waals surface area contributed by atoms with Crippen molar-refractivity contribution >= 4 is 33.4 Å². The van der Waals surface area contributed by atoms with Crippen LogP contribution in [0.2, 0.25) is 0 Å².